The lowest BCUT2D eigenvalue weighted by molar-refractivity contribution is -0.116. The van der Waals surface area contributed by atoms with E-state index in [1.165, 1.54) is 6.08 Å². The molecule has 0 spiro atoms. The number of amides is 1. The Bertz CT molecular complexity index is 928. The fraction of sp³-hybridized carbons (Fsp3) is 0.250. The van der Waals surface area contributed by atoms with Crippen LogP contribution < -0.4 is 14.8 Å². The number of hydrogen-bond donors (Lipinski definition) is 2. The van der Waals surface area contributed by atoms with E-state index < -0.39 is 10.0 Å². The second-order valence-electron chi connectivity index (χ2n) is 6.11. The van der Waals surface area contributed by atoms with Gasteiger partial charge in [0.1, 0.15) is 5.75 Å². The lowest BCUT2D eigenvalue weighted by Crippen LogP contribution is -2.25. The van der Waals surface area contributed by atoms with Crippen molar-refractivity contribution < 1.29 is 17.9 Å². The zero-order valence-corrected chi connectivity index (χ0v) is 17.1. The normalized spacial score (nSPS) is 11.1. The molecule has 0 aromatic heterocycles. The molecule has 6 nitrogen and oxygen atoms in total. The number of ether oxygens (including phenoxy) is 1. The Morgan fingerprint density at radius 2 is 1.86 bits per heavy atom. The highest BCUT2D eigenvalue weighted by atomic mass is 35.5. The first-order valence-corrected chi connectivity index (χ1v) is 10.7. The van der Waals surface area contributed by atoms with E-state index in [0.717, 1.165) is 5.56 Å². The molecule has 0 heterocycles. The van der Waals surface area contributed by atoms with Crippen LogP contribution in [0.3, 0.4) is 0 Å². The Morgan fingerprint density at radius 1 is 1.18 bits per heavy atom. The van der Waals surface area contributed by atoms with Gasteiger partial charge in [-0.3, -0.25) is 4.79 Å². The molecule has 0 aliphatic rings. The number of benzene rings is 2. The third-order valence-corrected chi connectivity index (χ3v) is 5.51. The third-order valence-electron chi connectivity index (χ3n) is 3.90. The summed E-state index contributed by atoms with van der Waals surface area (Å²) < 4.78 is 31.2. The largest absolute Gasteiger partial charge is 0.495 e. The summed E-state index contributed by atoms with van der Waals surface area (Å²) >= 11 is 6.09. The predicted molar refractivity (Wildman–Crippen MR) is 112 cm³/mol. The van der Waals surface area contributed by atoms with Crippen LogP contribution in [0, 0.1) is 0 Å². The second-order valence-corrected chi connectivity index (χ2v) is 8.32. The summed E-state index contributed by atoms with van der Waals surface area (Å²) in [6.45, 7) is 3.67. The highest BCUT2D eigenvalue weighted by Crippen LogP contribution is 2.25. The van der Waals surface area contributed by atoms with Gasteiger partial charge in [-0.25, -0.2) is 13.1 Å². The van der Waals surface area contributed by atoms with Gasteiger partial charge in [-0.15, -0.1) is 6.58 Å². The lowest BCUT2D eigenvalue weighted by Gasteiger charge is -2.09. The molecule has 0 fully saturated rings. The van der Waals surface area contributed by atoms with E-state index in [9.17, 15) is 13.2 Å². The molecule has 0 saturated heterocycles. The standard InChI is InChI=1S/C20H23ClN2O4S/c1-3-12-22-28(25,26)14-16-4-8-17(9-5-16)23-20(24)11-7-15-6-10-19(27-2)18(21)13-15/h3-6,8-10,13,22H,1,7,11-12,14H2,2H3,(H,23,24). The topological polar surface area (TPSA) is 84.5 Å². The van der Waals surface area contributed by atoms with Crippen molar-refractivity contribution in [3.05, 3.63) is 71.3 Å². The molecule has 2 rings (SSSR count). The highest BCUT2D eigenvalue weighted by Gasteiger charge is 2.11. The van der Waals surface area contributed by atoms with E-state index >= 15 is 0 Å². The van der Waals surface area contributed by atoms with Crippen LogP contribution in [0.4, 0.5) is 5.69 Å². The molecule has 0 unspecified atom stereocenters. The fourth-order valence-electron chi connectivity index (χ4n) is 2.49. The number of aryl methyl sites for hydroxylation is 1. The van der Waals surface area contributed by atoms with E-state index in [0.29, 0.717) is 34.9 Å². The van der Waals surface area contributed by atoms with Crippen LogP contribution in [0.5, 0.6) is 5.75 Å². The van der Waals surface area contributed by atoms with Crippen LogP contribution in [0.1, 0.15) is 17.5 Å². The summed E-state index contributed by atoms with van der Waals surface area (Å²) in [6, 6.07) is 12.1. The Labute approximate surface area is 170 Å². The highest BCUT2D eigenvalue weighted by molar-refractivity contribution is 7.88. The summed E-state index contributed by atoms with van der Waals surface area (Å²) in [7, 11) is -1.86. The van der Waals surface area contributed by atoms with E-state index in [1.807, 2.05) is 6.07 Å². The van der Waals surface area contributed by atoms with E-state index in [2.05, 4.69) is 16.6 Å². The number of rotatable bonds is 10. The Morgan fingerprint density at radius 3 is 2.46 bits per heavy atom. The predicted octanol–water partition coefficient (Wildman–Crippen LogP) is 3.53. The van der Waals surface area contributed by atoms with E-state index in [-0.39, 0.29) is 18.2 Å². The quantitative estimate of drug-likeness (QED) is 0.573. The number of carbonyl (C=O) groups excluding carboxylic acids is 1. The zero-order valence-electron chi connectivity index (χ0n) is 15.6. The smallest absolute Gasteiger partial charge is 0.224 e. The summed E-state index contributed by atoms with van der Waals surface area (Å²) in [4.78, 5) is 12.1. The monoisotopic (exact) mass is 422 g/mol. The lowest BCUT2D eigenvalue weighted by atomic mass is 10.1. The van der Waals surface area contributed by atoms with E-state index in [4.69, 9.17) is 16.3 Å². The minimum Gasteiger partial charge on any atom is -0.495 e. The molecular weight excluding hydrogens is 400 g/mol. The van der Waals surface area contributed by atoms with Crippen molar-refractivity contribution >= 4 is 33.2 Å². The molecule has 2 aromatic rings. The van der Waals surface area contributed by atoms with Crippen molar-refractivity contribution in [2.24, 2.45) is 0 Å². The molecule has 1 amide bonds. The van der Waals surface area contributed by atoms with Gasteiger partial charge in [0, 0.05) is 18.7 Å². The first-order valence-electron chi connectivity index (χ1n) is 8.62. The van der Waals surface area contributed by atoms with Crippen molar-refractivity contribution in [1.29, 1.82) is 0 Å². The van der Waals surface area contributed by atoms with Crippen LogP contribution in [-0.2, 0) is 27.0 Å². The maximum atomic E-state index is 12.1. The number of methoxy groups -OCH3 is 1. The molecule has 28 heavy (non-hydrogen) atoms. The SMILES string of the molecule is C=CCNS(=O)(=O)Cc1ccc(NC(=O)CCc2ccc(OC)c(Cl)c2)cc1. The van der Waals surface area contributed by atoms with E-state index in [1.54, 1.807) is 43.5 Å². The zero-order chi connectivity index (χ0) is 20.6. The first kappa shape index (κ1) is 21.9. The minimum absolute atomic E-state index is 0.132. The number of carbonyl (C=O) groups is 1. The van der Waals surface area contributed by atoms with Gasteiger partial charge in [-0.2, -0.15) is 0 Å². The summed E-state index contributed by atoms with van der Waals surface area (Å²) in [5.74, 6) is 0.324. The summed E-state index contributed by atoms with van der Waals surface area (Å²) in [6.07, 6.45) is 2.32. The van der Waals surface area contributed by atoms with Crippen LogP contribution in [0.25, 0.3) is 0 Å². The van der Waals surface area contributed by atoms with Gasteiger partial charge in [0.2, 0.25) is 15.9 Å². The van der Waals surface area contributed by atoms with Gasteiger partial charge in [0.05, 0.1) is 17.9 Å². The third kappa shape index (κ3) is 6.99. The molecule has 0 aliphatic carbocycles. The van der Waals surface area contributed by atoms with Gasteiger partial charge in [0.25, 0.3) is 0 Å². The molecule has 150 valence electrons. The Balaban J connectivity index is 1.87. The number of hydrogen-bond acceptors (Lipinski definition) is 4. The van der Waals surface area contributed by atoms with Gasteiger partial charge < -0.3 is 10.1 Å². The minimum atomic E-state index is -3.41. The average Bonchev–Trinajstić information content (AvgIpc) is 2.66. The van der Waals surface area contributed by atoms with Crippen LogP contribution >= 0.6 is 11.6 Å². The Hall–Kier alpha value is -2.35. The maximum absolute atomic E-state index is 12.1. The molecule has 0 radical (unpaired) electrons. The van der Waals surface area contributed by atoms with Crippen LogP contribution in [0.2, 0.25) is 5.02 Å². The van der Waals surface area contributed by atoms with Crippen molar-refractivity contribution in [1.82, 2.24) is 4.72 Å². The molecule has 0 saturated carbocycles. The van der Waals surface area contributed by atoms with Gasteiger partial charge in [-0.1, -0.05) is 35.9 Å². The summed E-state index contributed by atoms with van der Waals surface area (Å²) in [5, 5.41) is 3.31. The molecule has 0 bridgehead atoms. The molecular formula is C20H23ClN2O4S. The Kier molecular flexibility index (Phi) is 8.04. The fourth-order valence-corrected chi connectivity index (χ4v) is 3.87. The molecule has 8 heteroatoms. The number of halogens is 1. The number of anilines is 1. The van der Waals surface area contributed by atoms with Crippen molar-refractivity contribution in [3.8, 4) is 5.75 Å². The molecule has 2 N–H and O–H groups in total. The van der Waals surface area contributed by atoms with Gasteiger partial charge in [0.15, 0.2) is 0 Å². The van der Waals surface area contributed by atoms with Gasteiger partial charge >= 0.3 is 0 Å². The first-order chi connectivity index (χ1) is 13.3. The molecule has 0 aliphatic heterocycles. The van der Waals surface area contributed by atoms with Crippen molar-refractivity contribution in [3.63, 3.8) is 0 Å². The molecule has 2 aromatic carbocycles. The van der Waals surface area contributed by atoms with Crippen molar-refractivity contribution in [2.45, 2.75) is 18.6 Å². The molecule has 0 atom stereocenters. The van der Waals surface area contributed by atoms with Crippen molar-refractivity contribution in [2.75, 3.05) is 19.0 Å². The second kappa shape index (κ2) is 10.3. The summed E-state index contributed by atoms with van der Waals surface area (Å²) in [5.41, 5.74) is 2.17. The van der Waals surface area contributed by atoms with Crippen LogP contribution in [0.15, 0.2) is 55.1 Å². The average molecular weight is 423 g/mol. The number of nitrogens with one attached hydrogen (secondary N) is 2. The maximum Gasteiger partial charge on any atom is 0.224 e. The van der Waals surface area contributed by atoms with Gasteiger partial charge in [-0.05, 0) is 41.8 Å². The number of sulfonamides is 1. The van der Waals surface area contributed by atoms with Crippen LogP contribution in [-0.4, -0.2) is 28.0 Å².